The van der Waals surface area contributed by atoms with Crippen LogP contribution in [0, 0.1) is 12.8 Å². The molecule has 2 aromatic rings. The van der Waals surface area contributed by atoms with E-state index in [2.05, 4.69) is 4.98 Å². The monoisotopic (exact) mass is 314 g/mol. The summed E-state index contributed by atoms with van der Waals surface area (Å²) in [5.74, 6) is -0.567. The lowest BCUT2D eigenvalue weighted by atomic mass is 10.0. The van der Waals surface area contributed by atoms with Gasteiger partial charge in [0, 0.05) is 17.1 Å². The van der Waals surface area contributed by atoms with Gasteiger partial charge in [0.05, 0.1) is 6.04 Å². The second-order valence-corrected chi connectivity index (χ2v) is 6.14. The summed E-state index contributed by atoms with van der Waals surface area (Å²) in [6, 6.07) is 5.05. The lowest BCUT2D eigenvalue weighted by Gasteiger charge is -2.22. The van der Waals surface area contributed by atoms with Gasteiger partial charge in [0.2, 0.25) is 5.43 Å². The number of nitrogens with zero attached hydrogens (tertiary/aromatic N) is 1. The summed E-state index contributed by atoms with van der Waals surface area (Å²) in [6.07, 6.45) is 0.670. The number of rotatable bonds is 2. The molecule has 3 rings (SSSR count). The molecule has 0 bridgehead atoms. The van der Waals surface area contributed by atoms with Crippen molar-refractivity contribution in [3.8, 4) is 0 Å². The molecular formula is C17H18N2O4. The minimum atomic E-state index is -0.697. The number of cyclic esters (lactones) is 1. The zero-order valence-corrected chi connectivity index (χ0v) is 13.3. The molecule has 1 unspecified atom stereocenters. The molecule has 1 atom stereocenters. The van der Waals surface area contributed by atoms with E-state index in [-0.39, 0.29) is 29.6 Å². The van der Waals surface area contributed by atoms with E-state index in [4.69, 9.17) is 4.74 Å². The molecule has 1 N–H and O–H groups in total. The molecule has 1 fully saturated rings. The maximum atomic E-state index is 12.7. The first-order valence-electron chi connectivity index (χ1n) is 7.52. The van der Waals surface area contributed by atoms with Crippen LogP contribution in [-0.4, -0.2) is 34.5 Å². The molecule has 1 saturated heterocycles. The van der Waals surface area contributed by atoms with E-state index in [1.54, 1.807) is 12.1 Å². The van der Waals surface area contributed by atoms with E-state index in [1.807, 2.05) is 26.8 Å². The quantitative estimate of drug-likeness (QED) is 0.923. The van der Waals surface area contributed by atoms with E-state index >= 15 is 0 Å². The number of carbonyl (C=O) groups is 2. The fourth-order valence-electron chi connectivity index (χ4n) is 2.78. The van der Waals surface area contributed by atoms with Crippen molar-refractivity contribution in [1.29, 1.82) is 0 Å². The number of carbonyl (C=O) groups excluding carboxylic acids is 2. The van der Waals surface area contributed by atoms with Gasteiger partial charge in [-0.3, -0.25) is 9.59 Å². The van der Waals surface area contributed by atoms with Crippen molar-refractivity contribution in [2.45, 2.75) is 26.8 Å². The average Bonchev–Trinajstić information content (AvgIpc) is 2.89. The van der Waals surface area contributed by atoms with Crippen LogP contribution in [0.4, 0.5) is 4.79 Å². The second kappa shape index (κ2) is 5.53. The first kappa shape index (κ1) is 15.3. The number of hydrogen-bond acceptors (Lipinski definition) is 4. The molecule has 0 spiro atoms. The maximum absolute atomic E-state index is 12.7. The normalized spacial score (nSPS) is 17.8. The largest absolute Gasteiger partial charge is 0.447 e. The maximum Gasteiger partial charge on any atom is 0.417 e. The highest BCUT2D eigenvalue weighted by atomic mass is 16.6. The van der Waals surface area contributed by atoms with E-state index in [9.17, 15) is 14.4 Å². The molecule has 2 heterocycles. The Labute approximate surface area is 133 Å². The Hall–Kier alpha value is -2.63. The van der Waals surface area contributed by atoms with Crippen molar-refractivity contribution in [3.63, 3.8) is 0 Å². The van der Waals surface area contributed by atoms with Crippen molar-refractivity contribution in [2.75, 3.05) is 6.61 Å². The molecule has 2 amide bonds. The third kappa shape index (κ3) is 2.50. The minimum Gasteiger partial charge on any atom is -0.447 e. The van der Waals surface area contributed by atoms with Crippen LogP contribution in [0.1, 0.15) is 29.8 Å². The Morgan fingerprint density at radius 2 is 2.09 bits per heavy atom. The number of H-pyrrole nitrogens is 1. The van der Waals surface area contributed by atoms with Crippen LogP contribution in [0.3, 0.4) is 0 Å². The number of fused-ring (bicyclic) bond motifs is 1. The molecule has 1 aromatic heterocycles. The summed E-state index contributed by atoms with van der Waals surface area (Å²) in [4.78, 5) is 41.3. The molecule has 0 aliphatic carbocycles. The van der Waals surface area contributed by atoms with E-state index in [0.717, 1.165) is 10.5 Å². The predicted octanol–water partition coefficient (Wildman–Crippen LogP) is 2.45. The van der Waals surface area contributed by atoms with E-state index in [0.29, 0.717) is 10.9 Å². The van der Waals surface area contributed by atoms with Crippen LogP contribution < -0.4 is 5.43 Å². The summed E-state index contributed by atoms with van der Waals surface area (Å²) in [7, 11) is 0. The molecule has 1 aromatic carbocycles. The molecular weight excluding hydrogens is 296 g/mol. The molecule has 1 aliphatic heterocycles. The number of pyridine rings is 1. The summed E-state index contributed by atoms with van der Waals surface area (Å²) >= 11 is 0. The van der Waals surface area contributed by atoms with Crippen molar-refractivity contribution >= 4 is 22.9 Å². The molecule has 1 aliphatic rings. The third-order valence-electron chi connectivity index (χ3n) is 4.16. The van der Waals surface area contributed by atoms with Gasteiger partial charge in [0.15, 0.2) is 0 Å². The molecule has 23 heavy (non-hydrogen) atoms. The van der Waals surface area contributed by atoms with Crippen molar-refractivity contribution in [1.82, 2.24) is 9.88 Å². The van der Waals surface area contributed by atoms with Gasteiger partial charge in [-0.2, -0.15) is 0 Å². The number of imide groups is 1. The predicted molar refractivity (Wildman–Crippen MR) is 85.4 cm³/mol. The van der Waals surface area contributed by atoms with Crippen LogP contribution in [0.5, 0.6) is 0 Å². The summed E-state index contributed by atoms with van der Waals surface area (Å²) in [6.45, 7) is 5.84. The van der Waals surface area contributed by atoms with Gasteiger partial charge in [0.1, 0.15) is 12.2 Å². The molecule has 120 valence electrons. The topological polar surface area (TPSA) is 79.5 Å². The number of aromatic nitrogens is 1. The number of amides is 2. The number of hydrogen-bond donors (Lipinski definition) is 1. The Morgan fingerprint density at radius 1 is 1.35 bits per heavy atom. The summed E-state index contributed by atoms with van der Waals surface area (Å²) in [5, 5.41) is 0.435. The average molecular weight is 314 g/mol. The highest BCUT2D eigenvalue weighted by molar-refractivity contribution is 6.05. The van der Waals surface area contributed by atoms with Crippen LogP contribution in [0.15, 0.2) is 29.2 Å². The van der Waals surface area contributed by atoms with E-state index < -0.39 is 12.0 Å². The SMILES string of the molecule is Cc1ccc2[nH]cc(C(=O)N3C(=O)OCC3C(C)C)c(=O)c2c1. The van der Waals surface area contributed by atoms with Gasteiger partial charge >= 0.3 is 6.09 Å². The van der Waals surface area contributed by atoms with Crippen molar-refractivity contribution in [2.24, 2.45) is 5.92 Å². The number of nitrogens with one attached hydrogen (secondary N) is 1. The molecule has 6 heteroatoms. The summed E-state index contributed by atoms with van der Waals surface area (Å²) < 4.78 is 4.98. The number of ether oxygens (including phenoxy) is 1. The number of aryl methyl sites for hydroxylation is 1. The zero-order valence-electron chi connectivity index (χ0n) is 13.3. The van der Waals surface area contributed by atoms with Gasteiger partial charge in [-0.15, -0.1) is 0 Å². The Morgan fingerprint density at radius 3 is 2.78 bits per heavy atom. The zero-order chi connectivity index (χ0) is 16.7. The Balaban J connectivity index is 2.09. The highest BCUT2D eigenvalue weighted by Gasteiger charge is 2.40. The standard InChI is InChI=1S/C17H18N2O4/c1-9(2)14-8-23-17(22)19(14)16(21)12-7-18-13-5-4-10(3)6-11(13)15(12)20/h4-7,9,14H,8H2,1-3H3,(H,18,20). The first-order valence-corrected chi connectivity index (χ1v) is 7.52. The van der Waals surface area contributed by atoms with Crippen LogP contribution >= 0.6 is 0 Å². The molecule has 0 saturated carbocycles. The van der Waals surface area contributed by atoms with Crippen LogP contribution in [0.2, 0.25) is 0 Å². The lowest BCUT2D eigenvalue weighted by Crippen LogP contribution is -2.43. The summed E-state index contributed by atoms with van der Waals surface area (Å²) in [5.41, 5.74) is 1.15. The van der Waals surface area contributed by atoms with E-state index in [1.165, 1.54) is 6.20 Å². The lowest BCUT2D eigenvalue weighted by molar-refractivity contribution is 0.0750. The smallest absolute Gasteiger partial charge is 0.417 e. The van der Waals surface area contributed by atoms with Crippen LogP contribution in [0.25, 0.3) is 10.9 Å². The molecule has 6 nitrogen and oxygen atoms in total. The fraction of sp³-hybridized carbons (Fsp3) is 0.353. The van der Waals surface area contributed by atoms with Crippen molar-refractivity contribution < 1.29 is 14.3 Å². The minimum absolute atomic E-state index is 0.0483. The Kier molecular flexibility index (Phi) is 3.67. The van der Waals surface area contributed by atoms with Gasteiger partial charge in [-0.05, 0) is 25.0 Å². The van der Waals surface area contributed by atoms with Gasteiger partial charge in [0.25, 0.3) is 5.91 Å². The molecule has 0 radical (unpaired) electrons. The number of aromatic amines is 1. The van der Waals surface area contributed by atoms with Gasteiger partial charge in [-0.25, -0.2) is 9.69 Å². The number of benzene rings is 1. The van der Waals surface area contributed by atoms with Crippen LogP contribution in [-0.2, 0) is 4.74 Å². The van der Waals surface area contributed by atoms with Gasteiger partial charge in [-0.1, -0.05) is 25.5 Å². The highest BCUT2D eigenvalue weighted by Crippen LogP contribution is 2.22. The first-order chi connectivity index (χ1) is 10.9. The third-order valence-corrected chi connectivity index (χ3v) is 4.16. The fourth-order valence-corrected chi connectivity index (χ4v) is 2.78. The second-order valence-electron chi connectivity index (χ2n) is 6.14. The van der Waals surface area contributed by atoms with Crippen molar-refractivity contribution in [3.05, 3.63) is 45.7 Å². The van der Waals surface area contributed by atoms with Gasteiger partial charge < -0.3 is 9.72 Å². The Bertz CT molecular complexity index is 853.